The fourth-order valence-electron chi connectivity index (χ4n) is 0. The molecule has 0 spiro atoms. The van der Waals surface area contributed by atoms with Crippen LogP contribution in [0.4, 0.5) is 0 Å². The Kier molecular flexibility index (Phi) is 107. The van der Waals surface area contributed by atoms with Gasteiger partial charge in [0.15, 0.2) is 0 Å². The number of rotatable bonds is 0. The molecule has 0 atom stereocenters. The van der Waals surface area contributed by atoms with Gasteiger partial charge in [0.05, 0.1) is 0 Å². The van der Waals surface area contributed by atoms with E-state index in [4.69, 9.17) is 3.78 Å². The van der Waals surface area contributed by atoms with Crippen LogP contribution >= 0.6 is 0 Å². The Labute approximate surface area is 58.9 Å². The van der Waals surface area contributed by atoms with E-state index in [0.717, 1.165) is 0 Å². The van der Waals surface area contributed by atoms with Gasteiger partial charge in [-0.1, -0.05) is 0 Å². The van der Waals surface area contributed by atoms with Crippen molar-refractivity contribution >= 4 is 16.5 Å². The smallest absolute Gasteiger partial charge is 0 e. The van der Waals surface area contributed by atoms with Gasteiger partial charge in [0.1, 0.15) is 0 Å². The van der Waals surface area contributed by atoms with E-state index in [2.05, 4.69) is 0 Å². The van der Waals surface area contributed by atoms with E-state index in [0.29, 0.717) is 0 Å². The molecule has 0 aromatic carbocycles. The summed E-state index contributed by atoms with van der Waals surface area (Å²) in [5.74, 6) is 0. The molecule has 0 amide bonds. The van der Waals surface area contributed by atoms with Gasteiger partial charge in [-0.3, -0.25) is 0 Å². The minimum Gasteiger partial charge on any atom is 0 e. The summed E-state index contributed by atoms with van der Waals surface area (Å²) in [6.45, 7) is 0. The van der Waals surface area contributed by atoms with Crippen molar-refractivity contribution in [1.82, 2.24) is 0 Å². The molecule has 0 saturated carbocycles. The number of hydrogen-bond acceptors (Lipinski definition) is 1. The van der Waals surface area contributed by atoms with Crippen molar-refractivity contribution in [3.05, 3.63) is 0 Å². The molecule has 0 fully saturated rings. The summed E-state index contributed by atoms with van der Waals surface area (Å²) in [5, 5.41) is 0. The Morgan fingerprint density at radius 1 is 1.50 bits per heavy atom. The first-order valence-corrected chi connectivity index (χ1v) is 1.50. The van der Waals surface area contributed by atoms with Crippen molar-refractivity contribution in [2.24, 2.45) is 0 Å². The van der Waals surface area contributed by atoms with Gasteiger partial charge in [-0.25, -0.2) is 0 Å². The van der Waals surface area contributed by atoms with Crippen LogP contribution in [0.5, 0.6) is 0 Å². The zero-order valence-electron chi connectivity index (χ0n) is 3.56. The summed E-state index contributed by atoms with van der Waals surface area (Å²) >= 11 is 0.125. The maximum Gasteiger partial charge on any atom is 0 e. The van der Waals surface area contributed by atoms with Crippen molar-refractivity contribution in [2.75, 3.05) is 0 Å². The van der Waals surface area contributed by atoms with Crippen molar-refractivity contribution in [3.8, 4) is 0 Å². The number of hydrogen-bond donors (Lipinski definition) is 0. The molecule has 19 valence electrons. The van der Waals surface area contributed by atoms with Gasteiger partial charge in [0, 0.05) is 18.6 Å². The topological polar surface area (TPSA) is 17.1 Å². The van der Waals surface area contributed by atoms with Crippen molar-refractivity contribution in [1.29, 1.82) is 0 Å². The third-order valence-electron chi connectivity index (χ3n) is 0. The van der Waals surface area contributed by atoms with E-state index in [-0.39, 0.29) is 55.3 Å². The molecule has 1 radical (unpaired) electrons. The summed E-state index contributed by atoms with van der Waals surface area (Å²) < 4.78 is 8.38. The molecule has 0 unspecified atom stereocenters. The van der Waals surface area contributed by atoms with E-state index in [9.17, 15) is 0 Å². The Bertz CT molecular complexity index is 11.6. The molecule has 0 aliphatic rings. The zero-order chi connectivity index (χ0) is 2.00. The van der Waals surface area contributed by atoms with Crippen LogP contribution in [0.1, 0.15) is 1.43 Å². The van der Waals surface area contributed by atoms with Crippen LogP contribution in [0.15, 0.2) is 0 Å². The van der Waals surface area contributed by atoms with Crippen LogP contribution in [0.2, 0.25) is 0 Å². The van der Waals surface area contributed by atoms with Gasteiger partial charge < -0.3 is 1.43 Å². The monoisotopic (exact) mass is 151 g/mol. The normalized spacial score (nSPS) is 1.00. The third kappa shape index (κ3) is 9.66. The Balaban J connectivity index is -0.00000000167. The molecule has 0 heterocycles. The van der Waals surface area contributed by atoms with E-state index in [1.54, 1.807) is 0 Å². The first kappa shape index (κ1) is 17.7. The average molecular weight is 150 g/mol. The largest absolute Gasteiger partial charge is 0 e. The molecule has 0 aromatic heterocycles. The van der Waals surface area contributed by atoms with Crippen LogP contribution in [-0.2, 0) is 22.3 Å². The minimum atomic E-state index is 0. The Morgan fingerprint density at radius 3 is 1.50 bits per heavy atom. The van der Waals surface area contributed by atoms with Crippen LogP contribution in [0.25, 0.3) is 0 Å². The van der Waals surface area contributed by atoms with Crippen molar-refractivity contribution in [2.45, 2.75) is 0 Å². The summed E-state index contributed by atoms with van der Waals surface area (Å²) in [4.78, 5) is 0. The fraction of sp³-hybridized carbons (Fsp3) is 0. The summed E-state index contributed by atoms with van der Waals surface area (Å²) in [6, 6.07) is 0. The van der Waals surface area contributed by atoms with Crippen LogP contribution in [0.3, 0.4) is 0 Å². The molecule has 0 aliphatic heterocycles. The van der Waals surface area contributed by atoms with Gasteiger partial charge >= 0.3 is 39.1 Å². The Morgan fingerprint density at radius 2 is 1.50 bits per heavy atom. The quantitative estimate of drug-likeness (QED) is 0.322. The molecule has 0 bridgehead atoms. The average Bonchev–Trinajstić information content (AvgIpc) is 1.00. The predicted molar refractivity (Wildman–Crippen MR) is 10.3 cm³/mol. The fourth-order valence-corrected chi connectivity index (χ4v) is 0. The zero-order valence-corrected chi connectivity index (χ0v) is 6.93. The predicted octanol–water partition coefficient (Wildman–Crippen LogP) is -3.92. The van der Waals surface area contributed by atoms with Crippen molar-refractivity contribution < 1.29 is 42.6 Å². The van der Waals surface area contributed by atoms with E-state index < -0.39 is 0 Å². The molecule has 0 saturated heterocycles. The standard InChI is InChI=1S/GeH2O.Li.V.H/c1-2;;;/h1H2;;;/q;+1;;-1. The van der Waals surface area contributed by atoms with Crippen molar-refractivity contribution in [3.63, 3.8) is 0 Å². The SMILES string of the molecule is [H-].[Li+].[O]=[GeH2].[V]. The van der Waals surface area contributed by atoms with Gasteiger partial charge in [-0.05, 0) is 0 Å². The van der Waals surface area contributed by atoms with Crippen LogP contribution in [0, 0.1) is 0 Å². The van der Waals surface area contributed by atoms with Gasteiger partial charge in [0.2, 0.25) is 0 Å². The second-order valence-corrected chi connectivity index (χ2v) is 0. The molecular formula is H3GeLiOV. The van der Waals surface area contributed by atoms with Gasteiger partial charge in [0.25, 0.3) is 0 Å². The van der Waals surface area contributed by atoms with Gasteiger partial charge in [-0.15, -0.1) is 0 Å². The minimum absolute atomic E-state index is 0. The molecule has 4 heavy (non-hydrogen) atoms. The second kappa shape index (κ2) is 24.2. The molecule has 0 rings (SSSR count). The maximum atomic E-state index is 8.38. The molecule has 1 nitrogen and oxygen atoms in total. The van der Waals surface area contributed by atoms with E-state index in [1.807, 2.05) is 0 Å². The summed E-state index contributed by atoms with van der Waals surface area (Å²) in [7, 11) is 0. The first-order chi connectivity index (χ1) is 1.00. The van der Waals surface area contributed by atoms with E-state index >= 15 is 0 Å². The molecule has 0 aliphatic carbocycles. The second-order valence-electron chi connectivity index (χ2n) is 0. The molecule has 0 N–H and O–H groups in total. The summed E-state index contributed by atoms with van der Waals surface area (Å²) in [5.41, 5.74) is 0. The Hall–Kier alpha value is 1.52. The van der Waals surface area contributed by atoms with Crippen LogP contribution in [-0.4, -0.2) is 16.5 Å². The third-order valence-corrected chi connectivity index (χ3v) is 0. The van der Waals surface area contributed by atoms with Gasteiger partial charge in [-0.2, -0.15) is 0 Å². The van der Waals surface area contributed by atoms with Crippen LogP contribution < -0.4 is 18.9 Å². The molecule has 4 heteroatoms. The first-order valence-electron chi connectivity index (χ1n) is 0.289. The molecular weight excluding hydrogens is 146 g/mol. The summed E-state index contributed by atoms with van der Waals surface area (Å²) in [6.07, 6.45) is 0. The van der Waals surface area contributed by atoms with E-state index in [1.165, 1.54) is 0 Å². The molecule has 0 aromatic rings. The maximum absolute atomic E-state index is 8.38.